The van der Waals surface area contributed by atoms with Crippen LogP contribution in [-0.2, 0) is 20.8 Å². The second kappa shape index (κ2) is 10.1. The molecule has 0 aromatic carbocycles. The van der Waals surface area contributed by atoms with Gasteiger partial charge in [-0.15, -0.1) is 11.3 Å². The van der Waals surface area contributed by atoms with E-state index in [2.05, 4.69) is 11.9 Å². The Bertz CT molecular complexity index is 812. The van der Waals surface area contributed by atoms with Crippen LogP contribution in [0.3, 0.4) is 0 Å². The molecule has 0 N–H and O–H groups in total. The normalized spacial score (nSPS) is 10.8. The van der Waals surface area contributed by atoms with Gasteiger partial charge >= 0.3 is 11.9 Å². The monoisotopic (exact) mass is 380 g/mol. The Balaban J connectivity index is 2.13. The van der Waals surface area contributed by atoms with E-state index in [9.17, 15) is 14.4 Å². The van der Waals surface area contributed by atoms with Gasteiger partial charge in [0.1, 0.15) is 11.4 Å². The van der Waals surface area contributed by atoms with Crippen molar-refractivity contribution in [2.75, 3.05) is 13.2 Å². The quantitative estimate of drug-likeness (QED) is 0.465. The number of aromatic nitrogens is 2. The second-order valence-corrected chi connectivity index (χ2v) is 6.78. The molecule has 26 heavy (non-hydrogen) atoms. The highest BCUT2D eigenvalue weighted by Gasteiger charge is 2.19. The summed E-state index contributed by atoms with van der Waals surface area (Å²) < 4.78 is 11.5. The minimum atomic E-state index is -0.538. The maximum atomic E-state index is 12.7. The first-order valence-corrected chi connectivity index (χ1v) is 9.75. The molecule has 142 valence electrons. The Morgan fingerprint density at radius 2 is 1.85 bits per heavy atom. The predicted molar refractivity (Wildman–Crippen MR) is 99.6 cm³/mol. The summed E-state index contributed by atoms with van der Waals surface area (Å²) in [4.78, 5) is 41.4. The van der Waals surface area contributed by atoms with Crippen LogP contribution >= 0.6 is 11.3 Å². The van der Waals surface area contributed by atoms with Gasteiger partial charge in [0.25, 0.3) is 5.56 Å². The Labute approximate surface area is 155 Å². The number of fused-ring (bicyclic) bond motifs is 1. The Kier molecular flexibility index (Phi) is 7.77. The lowest BCUT2D eigenvalue weighted by Crippen LogP contribution is -2.26. The van der Waals surface area contributed by atoms with Crippen LogP contribution in [0.4, 0.5) is 0 Å². The Hall–Kier alpha value is -2.22. The first-order valence-electron chi connectivity index (χ1n) is 8.87. The zero-order valence-corrected chi connectivity index (χ0v) is 16.0. The average molecular weight is 380 g/mol. The van der Waals surface area contributed by atoms with E-state index >= 15 is 0 Å². The molecule has 0 spiro atoms. The van der Waals surface area contributed by atoms with Gasteiger partial charge in [0.05, 0.1) is 30.5 Å². The molecule has 0 saturated heterocycles. The molecule has 0 fully saturated rings. The SMILES string of the molecule is CCCCCOC(=O)Cn1cnc2scc(C(=O)OCCCC)c2c1=O. The summed E-state index contributed by atoms with van der Waals surface area (Å²) in [6, 6.07) is 0. The third-order valence-corrected chi connectivity index (χ3v) is 4.71. The van der Waals surface area contributed by atoms with Crippen LogP contribution in [0.1, 0.15) is 56.3 Å². The van der Waals surface area contributed by atoms with Crippen LogP contribution in [0, 0.1) is 0 Å². The summed E-state index contributed by atoms with van der Waals surface area (Å²) >= 11 is 1.20. The maximum Gasteiger partial charge on any atom is 0.339 e. The number of unbranched alkanes of at least 4 members (excludes halogenated alkanes) is 3. The van der Waals surface area contributed by atoms with Crippen LogP contribution in [0.5, 0.6) is 0 Å². The lowest BCUT2D eigenvalue weighted by atomic mass is 10.2. The molecule has 2 aromatic rings. The van der Waals surface area contributed by atoms with E-state index < -0.39 is 17.5 Å². The highest BCUT2D eigenvalue weighted by atomic mass is 32.1. The van der Waals surface area contributed by atoms with Crippen molar-refractivity contribution in [3.05, 3.63) is 27.6 Å². The molecule has 0 aliphatic rings. The van der Waals surface area contributed by atoms with Crippen molar-refractivity contribution in [2.45, 2.75) is 52.5 Å². The number of ether oxygens (including phenoxy) is 2. The lowest BCUT2D eigenvalue weighted by molar-refractivity contribution is -0.144. The van der Waals surface area contributed by atoms with Crippen molar-refractivity contribution in [2.24, 2.45) is 0 Å². The van der Waals surface area contributed by atoms with Crippen LogP contribution < -0.4 is 5.56 Å². The van der Waals surface area contributed by atoms with Gasteiger partial charge in [-0.05, 0) is 12.8 Å². The Morgan fingerprint density at radius 3 is 2.58 bits per heavy atom. The minimum Gasteiger partial charge on any atom is -0.464 e. The molecule has 7 nitrogen and oxygen atoms in total. The van der Waals surface area contributed by atoms with Gasteiger partial charge in [-0.2, -0.15) is 0 Å². The molecular weight excluding hydrogens is 356 g/mol. The molecule has 0 aliphatic heterocycles. The van der Waals surface area contributed by atoms with Gasteiger partial charge in [-0.1, -0.05) is 33.1 Å². The van der Waals surface area contributed by atoms with E-state index in [1.807, 2.05) is 6.92 Å². The predicted octanol–water partition coefficient (Wildman–Crippen LogP) is 3.15. The summed E-state index contributed by atoms with van der Waals surface area (Å²) in [5.41, 5.74) is -0.242. The van der Waals surface area contributed by atoms with Crippen LogP contribution in [0.2, 0.25) is 0 Å². The fourth-order valence-electron chi connectivity index (χ4n) is 2.34. The third kappa shape index (κ3) is 5.14. The Morgan fingerprint density at radius 1 is 1.12 bits per heavy atom. The van der Waals surface area contributed by atoms with Gasteiger partial charge in [-0.3, -0.25) is 14.2 Å². The number of hydrogen-bond acceptors (Lipinski definition) is 7. The molecule has 0 aliphatic carbocycles. The van der Waals surface area contributed by atoms with Gasteiger partial charge in [0, 0.05) is 5.38 Å². The van der Waals surface area contributed by atoms with Crippen molar-refractivity contribution in [3.8, 4) is 0 Å². The maximum absolute atomic E-state index is 12.7. The number of thiophene rings is 1. The second-order valence-electron chi connectivity index (χ2n) is 5.92. The first kappa shape index (κ1) is 20.1. The summed E-state index contributed by atoms with van der Waals surface area (Å²) in [6.07, 6.45) is 5.80. The molecule has 0 amide bonds. The van der Waals surface area contributed by atoms with Crippen molar-refractivity contribution in [3.63, 3.8) is 0 Å². The van der Waals surface area contributed by atoms with Gasteiger partial charge in [0.2, 0.25) is 0 Å². The zero-order valence-electron chi connectivity index (χ0n) is 15.2. The molecule has 0 bridgehead atoms. The summed E-state index contributed by atoms with van der Waals surface area (Å²) in [5, 5.41) is 1.76. The topological polar surface area (TPSA) is 87.5 Å². The van der Waals surface area contributed by atoms with Gasteiger partial charge in [0.15, 0.2) is 0 Å². The smallest absolute Gasteiger partial charge is 0.339 e. The van der Waals surface area contributed by atoms with E-state index in [1.165, 1.54) is 22.2 Å². The molecule has 0 saturated carbocycles. The van der Waals surface area contributed by atoms with E-state index in [-0.39, 0.29) is 17.5 Å². The van der Waals surface area contributed by atoms with E-state index in [0.717, 1.165) is 32.1 Å². The van der Waals surface area contributed by atoms with E-state index in [1.54, 1.807) is 5.38 Å². The van der Waals surface area contributed by atoms with Gasteiger partial charge in [-0.25, -0.2) is 9.78 Å². The molecule has 0 atom stereocenters. The fourth-order valence-corrected chi connectivity index (χ4v) is 3.21. The standard InChI is InChI=1S/C18H24N2O5S/c1-3-5-7-9-24-14(21)10-20-12-19-16-15(17(20)22)13(11-26-16)18(23)25-8-6-4-2/h11-12H,3-10H2,1-2H3. The van der Waals surface area contributed by atoms with E-state index in [0.29, 0.717) is 18.0 Å². The third-order valence-electron chi connectivity index (χ3n) is 3.82. The molecule has 2 heterocycles. The number of carbonyl (C=O) groups excluding carboxylic acids is 2. The van der Waals surface area contributed by atoms with Crippen molar-refractivity contribution in [1.29, 1.82) is 0 Å². The minimum absolute atomic E-state index is 0.192. The molecule has 2 aromatic heterocycles. The molecule has 8 heteroatoms. The molecular formula is C18H24N2O5S. The fraction of sp³-hybridized carbons (Fsp3) is 0.556. The number of rotatable bonds is 10. The van der Waals surface area contributed by atoms with Crippen LogP contribution in [0.25, 0.3) is 10.2 Å². The number of hydrogen-bond donors (Lipinski definition) is 0. The van der Waals surface area contributed by atoms with Crippen molar-refractivity contribution < 1.29 is 19.1 Å². The van der Waals surface area contributed by atoms with Gasteiger partial charge < -0.3 is 9.47 Å². The highest BCUT2D eigenvalue weighted by Crippen LogP contribution is 2.21. The van der Waals surface area contributed by atoms with Crippen molar-refractivity contribution in [1.82, 2.24) is 9.55 Å². The number of esters is 2. The number of nitrogens with zero attached hydrogens (tertiary/aromatic N) is 2. The summed E-state index contributed by atoms with van der Waals surface area (Å²) in [7, 11) is 0. The van der Waals surface area contributed by atoms with Crippen molar-refractivity contribution >= 4 is 33.5 Å². The average Bonchev–Trinajstić information content (AvgIpc) is 3.06. The number of carbonyl (C=O) groups is 2. The lowest BCUT2D eigenvalue weighted by Gasteiger charge is -2.07. The summed E-state index contributed by atoms with van der Waals surface area (Å²) in [5.74, 6) is -1.03. The summed E-state index contributed by atoms with van der Waals surface area (Å²) in [6.45, 7) is 4.48. The zero-order chi connectivity index (χ0) is 18.9. The molecule has 2 rings (SSSR count). The molecule has 0 radical (unpaired) electrons. The van der Waals surface area contributed by atoms with Crippen LogP contribution in [0.15, 0.2) is 16.5 Å². The van der Waals surface area contributed by atoms with E-state index in [4.69, 9.17) is 9.47 Å². The van der Waals surface area contributed by atoms with Crippen LogP contribution in [-0.4, -0.2) is 34.7 Å². The first-order chi connectivity index (χ1) is 12.6. The molecule has 0 unspecified atom stereocenters. The largest absolute Gasteiger partial charge is 0.464 e. The highest BCUT2D eigenvalue weighted by molar-refractivity contribution is 7.17.